The molecule has 3 aromatic rings. The second kappa shape index (κ2) is 10.2. The van der Waals surface area contributed by atoms with Gasteiger partial charge < -0.3 is 4.90 Å². The highest BCUT2D eigenvalue weighted by molar-refractivity contribution is 7.92. The molecule has 0 aliphatic carbocycles. The van der Waals surface area contributed by atoms with Crippen molar-refractivity contribution >= 4 is 33.2 Å². The topological polar surface area (TPSA) is 84.3 Å². The van der Waals surface area contributed by atoms with E-state index in [9.17, 15) is 13.2 Å². The molecule has 0 saturated heterocycles. The molecule has 1 N–H and O–H groups in total. The molecule has 3 rings (SSSR count). The van der Waals surface area contributed by atoms with Crippen LogP contribution in [0.1, 0.15) is 41.3 Å². The molecule has 0 fully saturated rings. The van der Waals surface area contributed by atoms with Crippen LogP contribution in [0.3, 0.4) is 0 Å². The van der Waals surface area contributed by atoms with Gasteiger partial charge >= 0.3 is 0 Å². The van der Waals surface area contributed by atoms with Gasteiger partial charge in [-0.2, -0.15) is 5.10 Å². The van der Waals surface area contributed by atoms with Crippen LogP contribution in [0, 0.1) is 0 Å². The van der Waals surface area contributed by atoms with Gasteiger partial charge in [-0.1, -0.05) is 37.1 Å². The van der Waals surface area contributed by atoms with E-state index in [-0.39, 0.29) is 21.4 Å². The van der Waals surface area contributed by atoms with Gasteiger partial charge in [-0.15, -0.1) is 0 Å². The van der Waals surface area contributed by atoms with Crippen LogP contribution >= 0.6 is 11.6 Å². The molecule has 0 atom stereocenters. The molecule has 32 heavy (non-hydrogen) atoms. The molecule has 0 aliphatic heterocycles. The standard InChI is InChI=1S/C23H27ClN4O3S/c1-4-5-6-17-7-9-19(10-8-17)26-32(30,31)20-11-12-22(24)21(13-20)23(29)27(2)15-18-14-25-28(3)16-18/h7-14,16,26H,4-6,15H2,1-3H3. The number of nitrogens with one attached hydrogen (secondary N) is 1. The highest BCUT2D eigenvalue weighted by Gasteiger charge is 2.21. The second-order valence-electron chi connectivity index (χ2n) is 7.73. The molecule has 0 unspecified atom stereocenters. The van der Waals surface area contributed by atoms with Crippen molar-refractivity contribution in [3.05, 3.63) is 76.6 Å². The number of hydrogen-bond acceptors (Lipinski definition) is 4. The number of rotatable bonds is 9. The summed E-state index contributed by atoms with van der Waals surface area (Å²) in [6.45, 7) is 2.45. The largest absolute Gasteiger partial charge is 0.337 e. The normalized spacial score (nSPS) is 11.4. The lowest BCUT2D eigenvalue weighted by atomic mass is 10.1. The van der Waals surface area contributed by atoms with E-state index >= 15 is 0 Å². The number of amides is 1. The first-order chi connectivity index (χ1) is 15.2. The number of aromatic nitrogens is 2. The maximum Gasteiger partial charge on any atom is 0.261 e. The minimum atomic E-state index is -3.89. The summed E-state index contributed by atoms with van der Waals surface area (Å²) in [5.41, 5.74) is 2.59. The van der Waals surface area contributed by atoms with Gasteiger partial charge in [0.05, 0.1) is 21.7 Å². The van der Waals surface area contributed by atoms with Crippen LogP contribution < -0.4 is 4.72 Å². The molecule has 9 heteroatoms. The van der Waals surface area contributed by atoms with Crippen LogP contribution in [-0.4, -0.2) is 36.1 Å². The molecule has 0 radical (unpaired) electrons. The summed E-state index contributed by atoms with van der Waals surface area (Å²) in [6, 6.07) is 11.4. The SMILES string of the molecule is CCCCc1ccc(NS(=O)(=O)c2ccc(Cl)c(C(=O)N(C)Cc3cnn(C)c3)c2)cc1. The zero-order valence-corrected chi connectivity index (χ0v) is 19.9. The first kappa shape index (κ1) is 23.8. The van der Waals surface area contributed by atoms with Crippen LogP contribution in [0.25, 0.3) is 0 Å². The Hall–Kier alpha value is -2.84. The first-order valence-electron chi connectivity index (χ1n) is 10.3. The Labute approximate surface area is 194 Å². The van der Waals surface area contributed by atoms with Gasteiger partial charge in [0.1, 0.15) is 0 Å². The fourth-order valence-electron chi connectivity index (χ4n) is 3.27. The molecular weight excluding hydrogens is 448 g/mol. The third-order valence-electron chi connectivity index (χ3n) is 5.03. The van der Waals surface area contributed by atoms with Crippen LogP contribution in [0.4, 0.5) is 5.69 Å². The smallest absolute Gasteiger partial charge is 0.261 e. The summed E-state index contributed by atoms with van der Waals surface area (Å²) in [5, 5.41) is 4.28. The van der Waals surface area contributed by atoms with E-state index in [4.69, 9.17) is 11.6 Å². The van der Waals surface area contributed by atoms with Crippen molar-refractivity contribution in [3.8, 4) is 0 Å². The van der Waals surface area contributed by atoms with Crippen LogP contribution in [0.15, 0.2) is 59.8 Å². The van der Waals surface area contributed by atoms with E-state index in [1.807, 2.05) is 18.3 Å². The Balaban J connectivity index is 1.77. The lowest BCUT2D eigenvalue weighted by Crippen LogP contribution is -2.26. The Morgan fingerprint density at radius 3 is 2.50 bits per heavy atom. The number of sulfonamides is 1. The Morgan fingerprint density at radius 2 is 1.88 bits per heavy atom. The predicted octanol–water partition coefficient (Wildman–Crippen LogP) is 4.49. The van der Waals surface area contributed by atoms with Gasteiger partial charge in [0.25, 0.3) is 15.9 Å². The summed E-state index contributed by atoms with van der Waals surface area (Å²) < 4.78 is 30.1. The molecule has 0 aliphatic rings. The number of hydrogen-bond donors (Lipinski definition) is 1. The zero-order valence-electron chi connectivity index (χ0n) is 18.4. The van der Waals surface area contributed by atoms with E-state index in [1.165, 1.54) is 23.1 Å². The molecule has 170 valence electrons. The zero-order chi connectivity index (χ0) is 23.3. The summed E-state index contributed by atoms with van der Waals surface area (Å²) in [4.78, 5) is 14.4. The number of carbonyl (C=O) groups is 1. The van der Waals surface area contributed by atoms with Crippen molar-refractivity contribution < 1.29 is 13.2 Å². The first-order valence-corrected chi connectivity index (χ1v) is 12.2. The van der Waals surface area contributed by atoms with Gasteiger partial charge in [-0.25, -0.2) is 8.42 Å². The van der Waals surface area contributed by atoms with Gasteiger partial charge in [0, 0.05) is 38.1 Å². The summed E-state index contributed by atoms with van der Waals surface area (Å²) in [5.74, 6) is -0.379. The summed E-state index contributed by atoms with van der Waals surface area (Å²) >= 11 is 6.23. The van der Waals surface area contributed by atoms with E-state index in [0.29, 0.717) is 12.2 Å². The molecule has 0 spiro atoms. The Kier molecular flexibility index (Phi) is 7.58. The van der Waals surface area contributed by atoms with Crippen molar-refractivity contribution in [1.29, 1.82) is 0 Å². The molecule has 2 aromatic carbocycles. The number of aryl methyl sites for hydroxylation is 2. The van der Waals surface area contributed by atoms with E-state index in [1.54, 1.807) is 37.1 Å². The second-order valence-corrected chi connectivity index (χ2v) is 9.82. The van der Waals surface area contributed by atoms with E-state index in [0.717, 1.165) is 30.4 Å². The molecular formula is C23H27ClN4O3S. The molecule has 1 heterocycles. The number of anilines is 1. The molecule has 0 saturated carbocycles. The number of carbonyl (C=O) groups excluding carboxylic acids is 1. The third kappa shape index (κ3) is 5.89. The molecule has 7 nitrogen and oxygen atoms in total. The van der Waals surface area contributed by atoms with Gasteiger partial charge in [0.15, 0.2) is 0 Å². The summed E-state index contributed by atoms with van der Waals surface area (Å²) in [6.07, 6.45) is 6.62. The number of halogens is 1. The van der Waals surface area contributed by atoms with Crippen molar-refractivity contribution in [1.82, 2.24) is 14.7 Å². The van der Waals surface area contributed by atoms with Gasteiger partial charge in [-0.05, 0) is 48.7 Å². The van der Waals surface area contributed by atoms with Gasteiger partial charge in [0.2, 0.25) is 0 Å². The quantitative estimate of drug-likeness (QED) is 0.495. The third-order valence-corrected chi connectivity index (χ3v) is 6.74. The fraction of sp³-hybridized carbons (Fsp3) is 0.304. The maximum absolute atomic E-state index is 12.9. The minimum absolute atomic E-state index is 0.0323. The average Bonchev–Trinajstić information content (AvgIpc) is 3.17. The van der Waals surface area contributed by atoms with Gasteiger partial charge in [-0.3, -0.25) is 14.2 Å². The van der Waals surface area contributed by atoms with Crippen LogP contribution in [0.5, 0.6) is 0 Å². The van der Waals surface area contributed by atoms with Crippen molar-refractivity contribution in [2.45, 2.75) is 37.6 Å². The highest BCUT2D eigenvalue weighted by Crippen LogP contribution is 2.24. The maximum atomic E-state index is 12.9. The monoisotopic (exact) mass is 474 g/mol. The van der Waals surface area contributed by atoms with Crippen molar-refractivity contribution in [3.63, 3.8) is 0 Å². The number of unbranched alkanes of at least 4 members (excludes halogenated alkanes) is 1. The lowest BCUT2D eigenvalue weighted by molar-refractivity contribution is 0.0785. The minimum Gasteiger partial charge on any atom is -0.337 e. The summed E-state index contributed by atoms with van der Waals surface area (Å²) in [7, 11) is -0.466. The van der Waals surface area contributed by atoms with E-state index < -0.39 is 10.0 Å². The van der Waals surface area contributed by atoms with Crippen LogP contribution in [-0.2, 0) is 30.0 Å². The number of benzene rings is 2. The lowest BCUT2D eigenvalue weighted by Gasteiger charge is -2.18. The predicted molar refractivity (Wildman–Crippen MR) is 126 cm³/mol. The Morgan fingerprint density at radius 1 is 1.16 bits per heavy atom. The number of nitrogens with zero attached hydrogens (tertiary/aromatic N) is 3. The van der Waals surface area contributed by atoms with Crippen LogP contribution in [0.2, 0.25) is 5.02 Å². The highest BCUT2D eigenvalue weighted by atomic mass is 35.5. The molecule has 1 amide bonds. The average molecular weight is 475 g/mol. The van der Waals surface area contributed by atoms with Crippen molar-refractivity contribution in [2.24, 2.45) is 7.05 Å². The fourth-order valence-corrected chi connectivity index (χ4v) is 4.56. The molecule has 1 aromatic heterocycles. The Bertz CT molecular complexity index is 1190. The van der Waals surface area contributed by atoms with Crippen molar-refractivity contribution in [2.75, 3.05) is 11.8 Å². The molecule has 0 bridgehead atoms. The van der Waals surface area contributed by atoms with E-state index in [2.05, 4.69) is 16.7 Å².